The number of quaternary nitrogens is 1. The number of hydrogen-bond acceptors (Lipinski definition) is 3. The van der Waals surface area contributed by atoms with Gasteiger partial charge in [0.15, 0.2) is 0 Å². The van der Waals surface area contributed by atoms with Crippen LogP contribution >= 0.6 is 11.6 Å². The minimum atomic E-state index is -3.50. The van der Waals surface area contributed by atoms with Gasteiger partial charge in [-0.05, 0) is 37.1 Å². The quantitative estimate of drug-likeness (QED) is 0.837. The standard InChI is InChI=1S/C16H23ClN2O3S/c17-13-5-7-14(8-6-13)23(20,21)18-15-3-1-2-4-16(15)19-9-11-22-12-10-19/h5-8,15-16,18H,1-4,9-12H2/p+1/t15-,16+/m1/s1. The zero-order chi connectivity index (χ0) is 16.3. The van der Waals surface area contributed by atoms with Crippen molar-refractivity contribution in [2.75, 3.05) is 26.3 Å². The summed E-state index contributed by atoms with van der Waals surface area (Å²) in [5.41, 5.74) is 0. The Kier molecular flexibility index (Phi) is 5.59. The van der Waals surface area contributed by atoms with Crippen LogP contribution in [0.25, 0.3) is 0 Å². The first-order valence-corrected chi connectivity index (χ1v) is 10.1. The molecule has 0 bridgehead atoms. The number of ether oxygens (including phenoxy) is 1. The molecule has 2 fully saturated rings. The number of nitrogens with one attached hydrogen (secondary N) is 2. The molecular formula is C16H24ClN2O3S+. The van der Waals surface area contributed by atoms with Gasteiger partial charge in [0.1, 0.15) is 19.1 Å². The van der Waals surface area contributed by atoms with Crippen LogP contribution in [0.1, 0.15) is 25.7 Å². The van der Waals surface area contributed by atoms with Crippen molar-refractivity contribution in [3.05, 3.63) is 29.3 Å². The molecule has 0 radical (unpaired) electrons. The summed E-state index contributed by atoms with van der Waals surface area (Å²) in [6.07, 6.45) is 4.23. The van der Waals surface area contributed by atoms with E-state index < -0.39 is 10.0 Å². The molecule has 5 nitrogen and oxygen atoms in total. The lowest BCUT2D eigenvalue weighted by Gasteiger charge is -2.38. The van der Waals surface area contributed by atoms with Gasteiger partial charge >= 0.3 is 0 Å². The maximum absolute atomic E-state index is 12.7. The maximum Gasteiger partial charge on any atom is 0.241 e. The molecule has 1 aromatic rings. The molecule has 0 amide bonds. The van der Waals surface area contributed by atoms with Crippen LogP contribution < -0.4 is 9.62 Å². The Morgan fingerprint density at radius 3 is 2.43 bits per heavy atom. The number of sulfonamides is 1. The van der Waals surface area contributed by atoms with Crippen LogP contribution in [0, 0.1) is 0 Å². The van der Waals surface area contributed by atoms with Gasteiger partial charge < -0.3 is 9.64 Å². The summed E-state index contributed by atoms with van der Waals surface area (Å²) in [5, 5.41) is 0.539. The Hall–Kier alpha value is -0.660. The Morgan fingerprint density at radius 2 is 1.74 bits per heavy atom. The van der Waals surface area contributed by atoms with Crippen molar-refractivity contribution in [2.24, 2.45) is 0 Å². The number of benzene rings is 1. The van der Waals surface area contributed by atoms with E-state index in [0.29, 0.717) is 11.1 Å². The third-order valence-corrected chi connectivity index (χ3v) is 6.61. The summed E-state index contributed by atoms with van der Waals surface area (Å²) in [6.45, 7) is 3.46. The molecule has 1 heterocycles. The highest BCUT2D eigenvalue weighted by Gasteiger charge is 2.36. The van der Waals surface area contributed by atoms with E-state index in [2.05, 4.69) is 4.72 Å². The molecule has 0 aromatic heterocycles. The smallest absolute Gasteiger partial charge is 0.241 e. The van der Waals surface area contributed by atoms with E-state index in [1.165, 1.54) is 11.3 Å². The summed E-state index contributed by atoms with van der Waals surface area (Å²) in [6, 6.07) is 6.68. The van der Waals surface area contributed by atoms with E-state index in [0.717, 1.165) is 45.6 Å². The number of hydrogen-bond donors (Lipinski definition) is 2. The molecule has 2 N–H and O–H groups in total. The summed E-state index contributed by atoms with van der Waals surface area (Å²) in [5.74, 6) is 0. The van der Waals surface area contributed by atoms with Gasteiger partial charge in [0.05, 0.1) is 24.2 Å². The second kappa shape index (κ2) is 7.49. The number of morpholine rings is 1. The van der Waals surface area contributed by atoms with E-state index in [1.54, 1.807) is 24.3 Å². The minimum absolute atomic E-state index is 0.00229. The number of halogens is 1. The first-order chi connectivity index (χ1) is 11.1. The van der Waals surface area contributed by atoms with Crippen molar-refractivity contribution in [1.29, 1.82) is 0 Å². The highest BCUT2D eigenvalue weighted by Crippen LogP contribution is 2.20. The summed E-state index contributed by atoms with van der Waals surface area (Å²) >= 11 is 5.85. The van der Waals surface area contributed by atoms with E-state index in [1.807, 2.05) is 0 Å². The molecule has 1 saturated heterocycles. The van der Waals surface area contributed by atoms with E-state index >= 15 is 0 Å². The van der Waals surface area contributed by atoms with Crippen molar-refractivity contribution in [3.63, 3.8) is 0 Å². The van der Waals surface area contributed by atoms with Gasteiger partial charge in [0, 0.05) is 11.4 Å². The molecule has 1 aliphatic heterocycles. The Balaban J connectivity index is 1.74. The average Bonchev–Trinajstić information content (AvgIpc) is 2.56. The van der Waals surface area contributed by atoms with Crippen LogP contribution in [-0.2, 0) is 14.8 Å². The van der Waals surface area contributed by atoms with Crippen LogP contribution in [0.4, 0.5) is 0 Å². The van der Waals surface area contributed by atoms with Crippen molar-refractivity contribution >= 4 is 21.6 Å². The second-order valence-electron chi connectivity index (χ2n) is 6.34. The summed E-state index contributed by atoms with van der Waals surface area (Å²) in [4.78, 5) is 1.75. The lowest BCUT2D eigenvalue weighted by Crippen LogP contribution is -3.19. The van der Waals surface area contributed by atoms with Crippen LogP contribution in [0.15, 0.2) is 29.2 Å². The van der Waals surface area contributed by atoms with Crippen LogP contribution in [-0.4, -0.2) is 46.8 Å². The largest absolute Gasteiger partial charge is 0.370 e. The van der Waals surface area contributed by atoms with E-state index in [-0.39, 0.29) is 10.9 Å². The highest BCUT2D eigenvalue weighted by atomic mass is 35.5. The summed E-state index contributed by atoms with van der Waals surface area (Å²) < 4.78 is 33.7. The van der Waals surface area contributed by atoms with Crippen molar-refractivity contribution in [2.45, 2.75) is 42.7 Å². The first-order valence-electron chi connectivity index (χ1n) is 8.26. The highest BCUT2D eigenvalue weighted by molar-refractivity contribution is 7.89. The minimum Gasteiger partial charge on any atom is -0.370 e. The zero-order valence-corrected chi connectivity index (χ0v) is 14.7. The first kappa shape index (κ1) is 17.2. The van der Waals surface area contributed by atoms with Crippen molar-refractivity contribution < 1.29 is 18.1 Å². The molecule has 3 rings (SSSR count). The molecule has 0 unspecified atom stereocenters. The molecule has 1 saturated carbocycles. The average molecular weight is 360 g/mol. The van der Waals surface area contributed by atoms with E-state index in [9.17, 15) is 8.42 Å². The normalized spacial score (nSPS) is 27.0. The zero-order valence-electron chi connectivity index (χ0n) is 13.1. The van der Waals surface area contributed by atoms with E-state index in [4.69, 9.17) is 16.3 Å². The predicted octanol–water partition coefficient (Wildman–Crippen LogP) is 0.845. The molecule has 0 spiro atoms. The Morgan fingerprint density at radius 1 is 1.09 bits per heavy atom. The third kappa shape index (κ3) is 4.25. The Bertz CT molecular complexity index is 615. The maximum atomic E-state index is 12.7. The van der Waals surface area contributed by atoms with Crippen molar-refractivity contribution in [3.8, 4) is 0 Å². The molecule has 1 aromatic carbocycles. The molecule has 7 heteroatoms. The predicted molar refractivity (Wildman–Crippen MR) is 89.3 cm³/mol. The van der Waals surface area contributed by atoms with Crippen molar-refractivity contribution in [1.82, 2.24) is 4.72 Å². The van der Waals surface area contributed by atoms with Gasteiger partial charge in [-0.2, -0.15) is 0 Å². The van der Waals surface area contributed by atoms with Crippen LogP contribution in [0.2, 0.25) is 5.02 Å². The van der Waals surface area contributed by atoms with Crippen LogP contribution in [0.5, 0.6) is 0 Å². The van der Waals surface area contributed by atoms with Gasteiger partial charge in [-0.3, -0.25) is 0 Å². The lowest BCUT2D eigenvalue weighted by atomic mass is 9.89. The lowest BCUT2D eigenvalue weighted by molar-refractivity contribution is -0.935. The summed E-state index contributed by atoms with van der Waals surface area (Å²) in [7, 11) is -3.50. The topological polar surface area (TPSA) is 59.8 Å². The molecule has 23 heavy (non-hydrogen) atoms. The fourth-order valence-corrected chi connectivity index (χ4v) is 5.08. The fraction of sp³-hybridized carbons (Fsp3) is 0.625. The molecule has 128 valence electrons. The number of rotatable bonds is 4. The Labute approximate surface area is 143 Å². The molecule has 1 aliphatic carbocycles. The van der Waals surface area contributed by atoms with Gasteiger partial charge in [-0.25, -0.2) is 13.1 Å². The fourth-order valence-electron chi connectivity index (χ4n) is 3.65. The monoisotopic (exact) mass is 359 g/mol. The molecular weight excluding hydrogens is 336 g/mol. The van der Waals surface area contributed by atoms with Gasteiger partial charge in [-0.1, -0.05) is 18.0 Å². The van der Waals surface area contributed by atoms with Gasteiger partial charge in [0.25, 0.3) is 0 Å². The van der Waals surface area contributed by atoms with Crippen LogP contribution in [0.3, 0.4) is 0 Å². The second-order valence-corrected chi connectivity index (χ2v) is 8.49. The van der Waals surface area contributed by atoms with Gasteiger partial charge in [-0.15, -0.1) is 0 Å². The SMILES string of the molecule is O=S(=O)(N[C@@H]1CCCC[C@@H]1[NH+]1CCOCC1)c1ccc(Cl)cc1. The molecule has 2 atom stereocenters. The molecule has 2 aliphatic rings. The van der Waals surface area contributed by atoms with Gasteiger partial charge in [0.2, 0.25) is 10.0 Å². The third-order valence-electron chi connectivity index (χ3n) is 4.86.